The third kappa shape index (κ3) is 3.77. The number of fused-ring (bicyclic) bond motifs is 6. The Morgan fingerprint density at radius 1 is 0.359 bits per heavy atom. The normalized spacial score (nSPS) is 11.6. The molecule has 0 radical (unpaired) electrons. The molecule has 0 atom stereocenters. The average Bonchev–Trinajstić information content (AvgIpc) is 3.38. The van der Waals surface area contributed by atoms with E-state index in [0.29, 0.717) is 17.5 Å². The maximum Gasteiger partial charge on any atom is 0.164 e. The van der Waals surface area contributed by atoms with Gasteiger partial charge in [-0.1, -0.05) is 103 Å². The topological polar surface area (TPSA) is 38.7 Å². The minimum absolute atomic E-state index is 0.670. The van der Waals surface area contributed by atoms with Crippen molar-refractivity contribution in [3.8, 4) is 34.2 Å². The van der Waals surface area contributed by atoms with E-state index in [-0.39, 0.29) is 0 Å². The van der Waals surface area contributed by atoms with Gasteiger partial charge in [0, 0.05) is 36.9 Å². The SMILES string of the molecule is c1ccc(-c2nc(-c3ccccc3)nc(-c3ccc4ccc5cc6sc7ccccc7c6cc5c4c3)n2)cc1. The number of benzene rings is 6. The van der Waals surface area contributed by atoms with Crippen molar-refractivity contribution in [3.05, 3.63) is 127 Å². The van der Waals surface area contributed by atoms with E-state index in [1.165, 1.54) is 41.7 Å². The zero-order valence-electron chi connectivity index (χ0n) is 20.9. The molecule has 182 valence electrons. The van der Waals surface area contributed by atoms with Crippen LogP contribution in [0.5, 0.6) is 0 Å². The summed E-state index contributed by atoms with van der Waals surface area (Å²) in [6.45, 7) is 0. The fourth-order valence-electron chi connectivity index (χ4n) is 5.35. The number of thiophene rings is 1. The minimum Gasteiger partial charge on any atom is -0.208 e. The van der Waals surface area contributed by atoms with Gasteiger partial charge in [-0.25, -0.2) is 15.0 Å². The van der Waals surface area contributed by atoms with E-state index in [1.807, 2.05) is 72.0 Å². The van der Waals surface area contributed by atoms with Crippen molar-refractivity contribution in [2.45, 2.75) is 0 Å². The Morgan fingerprint density at radius 2 is 0.923 bits per heavy atom. The van der Waals surface area contributed by atoms with Crippen molar-refractivity contribution in [2.24, 2.45) is 0 Å². The van der Waals surface area contributed by atoms with Crippen LogP contribution >= 0.6 is 11.3 Å². The maximum absolute atomic E-state index is 4.95. The summed E-state index contributed by atoms with van der Waals surface area (Å²) in [6.07, 6.45) is 0. The lowest BCUT2D eigenvalue weighted by Crippen LogP contribution is -2.00. The van der Waals surface area contributed by atoms with E-state index in [0.717, 1.165) is 16.7 Å². The van der Waals surface area contributed by atoms with Gasteiger partial charge in [-0.15, -0.1) is 11.3 Å². The molecule has 8 rings (SSSR count). The predicted octanol–water partition coefficient (Wildman–Crippen LogP) is 9.55. The fraction of sp³-hybridized carbons (Fsp3) is 0. The molecule has 0 spiro atoms. The lowest BCUT2D eigenvalue weighted by Gasteiger charge is -2.10. The first-order valence-electron chi connectivity index (χ1n) is 13.0. The van der Waals surface area contributed by atoms with Crippen LogP contribution in [-0.4, -0.2) is 15.0 Å². The number of nitrogens with zero attached hydrogens (tertiary/aromatic N) is 3. The summed E-state index contributed by atoms with van der Waals surface area (Å²) < 4.78 is 2.64. The second-order valence-corrected chi connectivity index (χ2v) is 10.8. The Hall–Kier alpha value is -4.93. The zero-order chi connectivity index (χ0) is 25.8. The molecule has 0 fully saturated rings. The molecule has 0 aliphatic carbocycles. The fourth-order valence-corrected chi connectivity index (χ4v) is 6.49. The molecule has 2 heterocycles. The van der Waals surface area contributed by atoms with Gasteiger partial charge in [0.05, 0.1) is 0 Å². The summed E-state index contributed by atoms with van der Waals surface area (Å²) in [5.74, 6) is 2.01. The molecule has 3 nitrogen and oxygen atoms in total. The monoisotopic (exact) mass is 515 g/mol. The molecule has 0 unspecified atom stereocenters. The van der Waals surface area contributed by atoms with Crippen LogP contribution in [0.2, 0.25) is 0 Å². The van der Waals surface area contributed by atoms with E-state index in [2.05, 4.69) is 66.7 Å². The van der Waals surface area contributed by atoms with Crippen LogP contribution in [0.3, 0.4) is 0 Å². The quantitative estimate of drug-likeness (QED) is 0.220. The first-order chi connectivity index (χ1) is 19.3. The molecule has 4 heteroatoms. The highest BCUT2D eigenvalue weighted by Crippen LogP contribution is 2.39. The van der Waals surface area contributed by atoms with Crippen molar-refractivity contribution in [3.63, 3.8) is 0 Å². The van der Waals surface area contributed by atoms with Crippen LogP contribution in [0, 0.1) is 0 Å². The largest absolute Gasteiger partial charge is 0.208 e. The Labute approximate surface area is 229 Å². The van der Waals surface area contributed by atoms with Gasteiger partial charge >= 0.3 is 0 Å². The van der Waals surface area contributed by atoms with Crippen LogP contribution in [0.25, 0.3) is 75.9 Å². The van der Waals surface area contributed by atoms with Crippen LogP contribution in [-0.2, 0) is 0 Å². The van der Waals surface area contributed by atoms with E-state index in [1.54, 1.807) is 0 Å². The molecule has 39 heavy (non-hydrogen) atoms. The highest BCUT2D eigenvalue weighted by molar-refractivity contribution is 7.25. The van der Waals surface area contributed by atoms with Gasteiger partial charge in [0.1, 0.15) is 0 Å². The van der Waals surface area contributed by atoms with Crippen molar-refractivity contribution >= 4 is 53.1 Å². The van der Waals surface area contributed by atoms with Crippen LogP contribution in [0.1, 0.15) is 0 Å². The Kier molecular flexibility index (Phi) is 5.00. The molecule has 2 aromatic heterocycles. The molecular weight excluding hydrogens is 494 g/mol. The molecule has 0 aliphatic rings. The third-order valence-corrected chi connectivity index (χ3v) is 8.43. The summed E-state index contributed by atoms with van der Waals surface area (Å²) in [7, 11) is 0. The number of aromatic nitrogens is 3. The van der Waals surface area contributed by atoms with E-state index in [4.69, 9.17) is 15.0 Å². The molecule has 8 aromatic rings. The molecule has 0 amide bonds. The zero-order valence-corrected chi connectivity index (χ0v) is 21.7. The van der Waals surface area contributed by atoms with Crippen molar-refractivity contribution in [1.29, 1.82) is 0 Å². The summed E-state index contributed by atoms with van der Waals surface area (Å²) in [5, 5.41) is 7.50. The van der Waals surface area contributed by atoms with Crippen molar-refractivity contribution in [2.75, 3.05) is 0 Å². The first-order valence-corrected chi connectivity index (χ1v) is 13.8. The maximum atomic E-state index is 4.95. The Bertz CT molecular complexity index is 2110. The van der Waals surface area contributed by atoms with Crippen molar-refractivity contribution < 1.29 is 0 Å². The highest BCUT2D eigenvalue weighted by Gasteiger charge is 2.14. The van der Waals surface area contributed by atoms with Gasteiger partial charge < -0.3 is 0 Å². The second-order valence-electron chi connectivity index (χ2n) is 9.71. The number of hydrogen-bond donors (Lipinski definition) is 0. The number of rotatable bonds is 3. The van der Waals surface area contributed by atoms with Gasteiger partial charge in [-0.2, -0.15) is 0 Å². The van der Waals surface area contributed by atoms with Gasteiger partial charge in [0.2, 0.25) is 0 Å². The van der Waals surface area contributed by atoms with Crippen LogP contribution in [0.15, 0.2) is 127 Å². The smallest absolute Gasteiger partial charge is 0.164 e. The Morgan fingerprint density at radius 3 is 1.64 bits per heavy atom. The van der Waals surface area contributed by atoms with Crippen LogP contribution < -0.4 is 0 Å². The molecule has 0 N–H and O–H groups in total. The summed E-state index contributed by atoms with van der Waals surface area (Å²) in [5.41, 5.74) is 2.91. The summed E-state index contributed by atoms with van der Waals surface area (Å²) in [4.78, 5) is 14.7. The number of hydrogen-bond acceptors (Lipinski definition) is 4. The Balaban J connectivity index is 1.37. The first kappa shape index (κ1) is 22.1. The lowest BCUT2D eigenvalue weighted by molar-refractivity contribution is 1.07. The van der Waals surface area contributed by atoms with Crippen LogP contribution in [0.4, 0.5) is 0 Å². The summed E-state index contributed by atoms with van der Waals surface area (Å²) >= 11 is 1.85. The molecular formula is C35H21N3S. The van der Waals surface area contributed by atoms with Crippen molar-refractivity contribution in [1.82, 2.24) is 15.0 Å². The van der Waals surface area contributed by atoms with E-state index < -0.39 is 0 Å². The second kappa shape index (κ2) is 8.83. The standard InChI is InChI=1S/C35H21N3S/c1-3-9-23(10-4-1)33-36-34(24-11-5-2-6-12-24)38-35(37-33)26-18-16-22-15-17-25-20-32-30(21-29(25)28(22)19-26)27-13-7-8-14-31(27)39-32/h1-21H. The van der Waals surface area contributed by atoms with E-state index in [9.17, 15) is 0 Å². The highest BCUT2D eigenvalue weighted by atomic mass is 32.1. The van der Waals surface area contributed by atoms with Gasteiger partial charge in [0.15, 0.2) is 17.5 Å². The van der Waals surface area contributed by atoms with E-state index >= 15 is 0 Å². The molecule has 0 saturated carbocycles. The summed E-state index contributed by atoms with van der Waals surface area (Å²) in [6, 6.07) is 44.5. The molecule has 6 aromatic carbocycles. The van der Waals surface area contributed by atoms with Gasteiger partial charge in [-0.05, 0) is 45.8 Å². The molecule has 0 aliphatic heterocycles. The third-order valence-electron chi connectivity index (χ3n) is 7.29. The van der Waals surface area contributed by atoms with Gasteiger partial charge in [-0.3, -0.25) is 0 Å². The average molecular weight is 516 g/mol. The minimum atomic E-state index is 0.670. The van der Waals surface area contributed by atoms with Gasteiger partial charge in [0.25, 0.3) is 0 Å². The molecule has 0 saturated heterocycles. The lowest BCUT2D eigenvalue weighted by atomic mass is 9.98. The predicted molar refractivity (Wildman–Crippen MR) is 164 cm³/mol. The molecule has 0 bridgehead atoms.